The van der Waals surface area contributed by atoms with Crippen LogP contribution in [0.25, 0.3) is 0 Å². The molecule has 0 bridgehead atoms. The monoisotopic (exact) mass is 391 g/mol. The molecule has 6 heteroatoms. The first-order chi connectivity index (χ1) is 12.1. The second-order valence-electron chi connectivity index (χ2n) is 5.33. The molecule has 0 atom stereocenters. The van der Waals surface area contributed by atoms with Crippen molar-refractivity contribution in [1.29, 1.82) is 0 Å². The van der Waals surface area contributed by atoms with Gasteiger partial charge in [-0.2, -0.15) is 0 Å². The van der Waals surface area contributed by atoms with Crippen molar-refractivity contribution in [3.63, 3.8) is 0 Å². The van der Waals surface area contributed by atoms with Gasteiger partial charge < -0.3 is 14.5 Å². The van der Waals surface area contributed by atoms with Gasteiger partial charge in [0.25, 0.3) is 0 Å². The predicted octanol–water partition coefficient (Wildman–Crippen LogP) is 5.63. The van der Waals surface area contributed by atoms with Crippen LogP contribution in [0, 0.1) is 0 Å². The molecule has 1 heterocycles. The molecule has 0 unspecified atom stereocenters. The molecule has 128 valence electrons. The molecule has 0 spiro atoms. The molecule has 25 heavy (non-hydrogen) atoms. The maximum absolute atomic E-state index is 6.02. The predicted molar refractivity (Wildman–Crippen MR) is 104 cm³/mol. The third kappa shape index (κ3) is 4.98. The maximum atomic E-state index is 6.02. The fraction of sp³-hybridized carbons (Fsp3) is 0.105. The summed E-state index contributed by atoms with van der Waals surface area (Å²) in [5, 5.41) is 4.21. The van der Waals surface area contributed by atoms with E-state index in [2.05, 4.69) is 5.32 Å². The lowest BCUT2D eigenvalue weighted by atomic mass is 10.2. The summed E-state index contributed by atoms with van der Waals surface area (Å²) >= 11 is 17.4. The summed E-state index contributed by atoms with van der Waals surface area (Å²) in [6, 6.07) is 16.8. The van der Waals surface area contributed by atoms with Crippen molar-refractivity contribution in [1.82, 2.24) is 5.32 Å². The maximum Gasteiger partial charge on any atom is 0.122 e. The number of rotatable bonds is 6. The smallest absolute Gasteiger partial charge is 0.122 e. The van der Waals surface area contributed by atoms with Crippen LogP contribution in [0.4, 0.5) is 0 Å². The van der Waals surface area contributed by atoms with Gasteiger partial charge in [0.05, 0.1) is 22.9 Å². The number of nitrogens with one attached hydrogen (secondary N) is 1. The first kappa shape index (κ1) is 17.8. The minimum absolute atomic E-state index is 0.396. The van der Waals surface area contributed by atoms with Crippen molar-refractivity contribution in [3.8, 4) is 5.75 Å². The minimum Gasteiger partial charge on any atom is -0.489 e. The first-order valence-corrected chi connectivity index (χ1v) is 8.75. The van der Waals surface area contributed by atoms with E-state index in [1.54, 1.807) is 18.4 Å². The van der Waals surface area contributed by atoms with E-state index in [0.717, 1.165) is 22.6 Å². The Morgan fingerprint density at radius 2 is 1.92 bits per heavy atom. The van der Waals surface area contributed by atoms with E-state index in [0.29, 0.717) is 28.2 Å². The van der Waals surface area contributed by atoms with Gasteiger partial charge in [0.2, 0.25) is 0 Å². The Morgan fingerprint density at radius 3 is 2.68 bits per heavy atom. The zero-order valence-corrected chi connectivity index (χ0v) is 15.5. The van der Waals surface area contributed by atoms with Crippen LogP contribution in [0.15, 0.2) is 65.3 Å². The molecular weight excluding hydrogens is 377 g/mol. The van der Waals surface area contributed by atoms with Gasteiger partial charge >= 0.3 is 0 Å². The summed E-state index contributed by atoms with van der Waals surface area (Å²) in [6.07, 6.45) is 1.64. The second kappa shape index (κ2) is 8.39. The number of benzene rings is 2. The standard InChI is InChI=1S/C19H15Cl2NO2S/c20-17-7-6-13(9-18(17)21)12-24-15-4-1-3-14(10-15)19(25)22-11-16-5-2-8-23-16/h1-10H,11-12H2,(H,22,25). The molecule has 1 N–H and O–H groups in total. The molecule has 0 radical (unpaired) electrons. The van der Waals surface area contributed by atoms with Crippen molar-refractivity contribution in [2.75, 3.05) is 0 Å². The van der Waals surface area contributed by atoms with Gasteiger partial charge in [-0.3, -0.25) is 0 Å². The molecule has 0 amide bonds. The highest BCUT2D eigenvalue weighted by Gasteiger charge is 2.05. The first-order valence-electron chi connectivity index (χ1n) is 7.59. The van der Waals surface area contributed by atoms with Crippen molar-refractivity contribution in [2.24, 2.45) is 0 Å². The summed E-state index contributed by atoms with van der Waals surface area (Å²) in [6.45, 7) is 0.938. The number of furan rings is 1. The van der Waals surface area contributed by atoms with Gasteiger partial charge in [-0.05, 0) is 42.0 Å². The Hall–Kier alpha value is -2.01. The highest BCUT2D eigenvalue weighted by molar-refractivity contribution is 7.80. The van der Waals surface area contributed by atoms with Crippen molar-refractivity contribution in [3.05, 3.63) is 87.8 Å². The normalized spacial score (nSPS) is 10.5. The third-order valence-electron chi connectivity index (χ3n) is 3.49. The fourth-order valence-corrected chi connectivity index (χ4v) is 2.73. The van der Waals surface area contributed by atoms with Crippen molar-refractivity contribution in [2.45, 2.75) is 13.2 Å². The number of halogens is 2. The van der Waals surface area contributed by atoms with Gasteiger partial charge in [0.1, 0.15) is 23.1 Å². The summed E-state index contributed by atoms with van der Waals surface area (Å²) in [7, 11) is 0. The SMILES string of the molecule is S=C(NCc1ccco1)c1cccc(OCc2ccc(Cl)c(Cl)c2)c1. The molecule has 0 fully saturated rings. The van der Waals surface area contributed by atoms with Gasteiger partial charge in [0, 0.05) is 5.56 Å². The minimum atomic E-state index is 0.396. The summed E-state index contributed by atoms with van der Waals surface area (Å²) in [5.41, 5.74) is 1.83. The average Bonchev–Trinajstić information content (AvgIpc) is 3.14. The molecule has 1 aromatic heterocycles. The topological polar surface area (TPSA) is 34.4 Å². The summed E-state index contributed by atoms with van der Waals surface area (Å²) < 4.78 is 11.1. The van der Waals surface area contributed by atoms with Crippen LogP contribution in [0.3, 0.4) is 0 Å². The lowest BCUT2D eigenvalue weighted by Gasteiger charge is -2.10. The highest BCUT2D eigenvalue weighted by atomic mass is 35.5. The molecule has 0 aliphatic carbocycles. The lowest BCUT2D eigenvalue weighted by Crippen LogP contribution is -2.21. The van der Waals surface area contributed by atoms with Crippen LogP contribution in [0.2, 0.25) is 10.0 Å². The van der Waals surface area contributed by atoms with Crippen molar-refractivity contribution >= 4 is 40.4 Å². The molecular formula is C19H15Cl2NO2S. The Bertz CT molecular complexity index is 866. The van der Waals surface area contributed by atoms with E-state index in [1.807, 2.05) is 42.5 Å². The Labute approximate surface area is 161 Å². The molecule has 3 nitrogen and oxygen atoms in total. The van der Waals surface area contributed by atoms with E-state index in [4.69, 9.17) is 44.6 Å². The van der Waals surface area contributed by atoms with Crippen LogP contribution in [0.1, 0.15) is 16.9 Å². The molecule has 0 saturated heterocycles. The van der Waals surface area contributed by atoms with Gasteiger partial charge in [-0.15, -0.1) is 0 Å². The van der Waals surface area contributed by atoms with Crippen LogP contribution in [-0.4, -0.2) is 4.99 Å². The Morgan fingerprint density at radius 1 is 1.04 bits per heavy atom. The van der Waals surface area contributed by atoms with Gasteiger partial charge in [0.15, 0.2) is 0 Å². The Balaban J connectivity index is 1.60. The molecule has 0 aliphatic heterocycles. The number of hydrogen-bond acceptors (Lipinski definition) is 3. The molecule has 3 rings (SSSR count). The van der Waals surface area contributed by atoms with Crippen LogP contribution >= 0.6 is 35.4 Å². The highest BCUT2D eigenvalue weighted by Crippen LogP contribution is 2.23. The van der Waals surface area contributed by atoms with E-state index in [-0.39, 0.29) is 0 Å². The summed E-state index contributed by atoms with van der Waals surface area (Å²) in [5.74, 6) is 1.56. The number of hydrogen-bond donors (Lipinski definition) is 1. The number of ether oxygens (including phenoxy) is 1. The Kier molecular flexibility index (Phi) is 5.97. The fourth-order valence-electron chi connectivity index (χ4n) is 2.21. The lowest BCUT2D eigenvalue weighted by molar-refractivity contribution is 0.306. The van der Waals surface area contributed by atoms with E-state index in [9.17, 15) is 0 Å². The number of thiocarbonyl (C=S) groups is 1. The summed E-state index contributed by atoms with van der Waals surface area (Å²) in [4.78, 5) is 0.636. The van der Waals surface area contributed by atoms with E-state index < -0.39 is 0 Å². The third-order valence-corrected chi connectivity index (χ3v) is 4.61. The van der Waals surface area contributed by atoms with E-state index in [1.165, 1.54) is 0 Å². The van der Waals surface area contributed by atoms with Gasteiger partial charge in [-0.25, -0.2) is 0 Å². The average molecular weight is 392 g/mol. The zero-order valence-electron chi connectivity index (χ0n) is 13.2. The van der Waals surface area contributed by atoms with Crippen LogP contribution < -0.4 is 10.1 Å². The van der Waals surface area contributed by atoms with Crippen LogP contribution in [-0.2, 0) is 13.2 Å². The largest absolute Gasteiger partial charge is 0.489 e. The molecule has 3 aromatic rings. The second-order valence-corrected chi connectivity index (χ2v) is 6.55. The van der Waals surface area contributed by atoms with E-state index >= 15 is 0 Å². The molecule has 0 aliphatic rings. The van der Waals surface area contributed by atoms with Gasteiger partial charge in [-0.1, -0.05) is 53.6 Å². The van der Waals surface area contributed by atoms with Crippen LogP contribution in [0.5, 0.6) is 5.75 Å². The quantitative estimate of drug-likeness (QED) is 0.552. The zero-order chi connectivity index (χ0) is 17.6. The molecule has 2 aromatic carbocycles. The molecule has 0 saturated carbocycles. The van der Waals surface area contributed by atoms with Crippen molar-refractivity contribution < 1.29 is 9.15 Å².